The highest BCUT2D eigenvalue weighted by atomic mass is 16.5. The lowest BCUT2D eigenvalue weighted by Crippen LogP contribution is -2.50. The van der Waals surface area contributed by atoms with E-state index in [2.05, 4.69) is 0 Å². The average Bonchev–Trinajstić information content (AvgIpc) is 2.34. The number of ether oxygens (including phenoxy) is 1. The number of anilines is 1. The number of hydrogen-bond donors (Lipinski definition) is 1. The number of carbonyl (C=O) groups excluding carboxylic acids is 1. The van der Waals surface area contributed by atoms with Crippen LogP contribution < -0.4 is 9.64 Å². The smallest absolute Gasteiger partial charge is 0.307 e. The third kappa shape index (κ3) is 2.37. The molecule has 1 fully saturated rings. The summed E-state index contributed by atoms with van der Waals surface area (Å²) in [7, 11) is 0. The first-order chi connectivity index (χ1) is 9.97. The highest BCUT2D eigenvalue weighted by Crippen LogP contribution is 2.40. The summed E-state index contributed by atoms with van der Waals surface area (Å²) in [5.74, 6) is -1.20. The predicted octanol–water partition coefficient (Wildman–Crippen LogP) is 2.22. The molecule has 5 nitrogen and oxygen atoms in total. The van der Waals surface area contributed by atoms with Crippen LogP contribution in [0.5, 0.6) is 5.75 Å². The van der Waals surface area contributed by atoms with Gasteiger partial charge in [-0.1, -0.05) is 6.07 Å². The van der Waals surface area contributed by atoms with E-state index in [1.165, 1.54) is 0 Å². The number of rotatable bonds is 2. The van der Waals surface area contributed by atoms with Gasteiger partial charge >= 0.3 is 5.97 Å². The van der Waals surface area contributed by atoms with E-state index < -0.39 is 17.8 Å². The van der Waals surface area contributed by atoms with Gasteiger partial charge in [0.05, 0.1) is 24.1 Å². The third-order valence-corrected chi connectivity index (χ3v) is 4.35. The highest BCUT2D eigenvalue weighted by molar-refractivity contribution is 5.99. The first kappa shape index (κ1) is 13.9. The molecule has 112 valence electrons. The fraction of sp³-hybridized carbons (Fsp3) is 0.500. The molecule has 1 heterocycles. The van der Waals surface area contributed by atoms with Crippen LogP contribution in [0.1, 0.15) is 25.3 Å². The van der Waals surface area contributed by atoms with Gasteiger partial charge in [0.1, 0.15) is 11.9 Å². The molecule has 0 radical (unpaired) electrons. The molecule has 1 aromatic rings. The van der Waals surface area contributed by atoms with Crippen LogP contribution in [0, 0.1) is 18.8 Å². The van der Waals surface area contributed by atoms with Crippen molar-refractivity contribution in [2.45, 2.75) is 32.8 Å². The minimum absolute atomic E-state index is 0.0890. The molecule has 1 aliphatic heterocycles. The number of carbonyl (C=O) groups is 2. The number of aryl methyl sites for hydroxylation is 1. The first-order valence-electron chi connectivity index (χ1n) is 7.29. The van der Waals surface area contributed by atoms with E-state index in [0.29, 0.717) is 25.1 Å². The molecule has 3 unspecified atom stereocenters. The van der Waals surface area contributed by atoms with E-state index in [-0.39, 0.29) is 12.0 Å². The van der Waals surface area contributed by atoms with Crippen LogP contribution in [0.2, 0.25) is 0 Å². The molecule has 1 aromatic carbocycles. The van der Waals surface area contributed by atoms with Gasteiger partial charge in [-0.05, 0) is 44.4 Å². The molecule has 2 aliphatic rings. The van der Waals surface area contributed by atoms with Crippen LogP contribution in [-0.4, -0.2) is 29.6 Å². The van der Waals surface area contributed by atoms with Gasteiger partial charge in [-0.15, -0.1) is 0 Å². The van der Waals surface area contributed by atoms with E-state index in [4.69, 9.17) is 9.84 Å². The zero-order valence-corrected chi connectivity index (χ0v) is 12.2. The van der Waals surface area contributed by atoms with Gasteiger partial charge in [0.2, 0.25) is 5.91 Å². The quantitative estimate of drug-likeness (QED) is 0.906. The van der Waals surface area contributed by atoms with Crippen molar-refractivity contribution >= 4 is 17.6 Å². The monoisotopic (exact) mass is 289 g/mol. The number of amides is 1. The molecular weight excluding hydrogens is 270 g/mol. The van der Waals surface area contributed by atoms with Crippen LogP contribution in [-0.2, 0) is 9.59 Å². The summed E-state index contributed by atoms with van der Waals surface area (Å²) in [5, 5.41) is 9.14. The largest absolute Gasteiger partial charge is 0.487 e. The molecule has 21 heavy (non-hydrogen) atoms. The maximum Gasteiger partial charge on any atom is 0.307 e. The van der Waals surface area contributed by atoms with Crippen LogP contribution in [0.4, 0.5) is 5.69 Å². The number of nitrogens with zero attached hydrogens (tertiary/aromatic N) is 1. The Balaban J connectivity index is 1.89. The van der Waals surface area contributed by atoms with Gasteiger partial charge in [0.15, 0.2) is 0 Å². The SMILES string of the molecule is Cc1ccc2c(c1)OC(C)CN2C(=O)C1CCC1C(=O)O. The second kappa shape index (κ2) is 5.06. The van der Waals surface area contributed by atoms with E-state index in [1.807, 2.05) is 32.0 Å². The molecule has 5 heteroatoms. The van der Waals surface area contributed by atoms with Crippen molar-refractivity contribution in [3.05, 3.63) is 23.8 Å². The molecular formula is C16H19NO4. The molecule has 1 aliphatic carbocycles. The fourth-order valence-corrected chi connectivity index (χ4v) is 3.05. The topological polar surface area (TPSA) is 66.8 Å². The number of carboxylic acid groups (broad SMARTS) is 1. The van der Waals surface area contributed by atoms with E-state index >= 15 is 0 Å². The molecule has 3 rings (SSSR count). The second-order valence-corrected chi connectivity index (χ2v) is 5.98. The Morgan fingerprint density at radius 1 is 1.29 bits per heavy atom. The lowest BCUT2D eigenvalue weighted by Gasteiger charge is -2.40. The summed E-state index contributed by atoms with van der Waals surface area (Å²) in [5.41, 5.74) is 1.82. The molecule has 3 atom stereocenters. The van der Waals surface area contributed by atoms with E-state index in [1.54, 1.807) is 4.90 Å². The van der Waals surface area contributed by atoms with Crippen LogP contribution in [0.15, 0.2) is 18.2 Å². The standard InChI is InChI=1S/C16H19NO4/c1-9-3-6-13-14(7-9)21-10(2)8-17(13)15(18)11-4-5-12(11)16(19)20/h3,6-7,10-12H,4-5,8H2,1-2H3,(H,19,20). The Morgan fingerprint density at radius 3 is 2.62 bits per heavy atom. The molecule has 0 aromatic heterocycles. The number of hydrogen-bond acceptors (Lipinski definition) is 3. The van der Waals surface area contributed by atoms with Crippen molar-refractivity contribution in [2.24, 2.45) is 11.8 Å². The summed E-state index contributed by atoms with van der Waals surface area (Å²) in [6.45, 7) is 4.36. The minimum Gasteiger partial charge on any atom is -0.487 e. The molecule has 1 amide bonds. The molecule has 1 saturated carbocycles. The summed E-state index contributed by atoms with van der Waals surface area (Å²) in [6.07, 6.45) is 1.15. The highest BCUT2D eigenvalue weighted by Gasteiger charge is 2.44. The van der Waals surface area contributed by atoms with Gasteiger partial charge < -0.3 is 14.7 Å². The minimum atomic E-state index is -0.870. The maximum absolute atomic E-state index is 12.7. The Morgan fingerprint density at radius 2 is 2.00 bits per heavy atom. The van der Waals surface area contributed by atoms with Gasteiger partial charge in [-0.2, -0.15) is 0 Å². The van der Waals surface area contributed by atoms with Crippen molar-refractivity contribution in [3.63, 3.8) is 0 Å². The van der Waals surface area contributed by atoms with Crippen LogP contribution in [0.3, 0.4) is 0 Å². The van der Waals surface area contributed by atoms with Gasteiger partial charge in [-0.25, -0.2) is 0 Å². The fourth-order valence-electron chi connectivity index (χ4n) is 3.05. The van der Waals surface area contributed by atoms with Crippen molar-refractivity contribution < 1.29 is 19.4 Å². The van der Waals surface area contributed by atoms with Crippen LogP contribution in [0.25, 0.3) is 0 Å². The van der Waals surface area contributed by atoms with Gasteiger partial charge in [0.25, 0.3) is 0 Å². The van der Waals surface area contributed by atoms with Crippen molar-refractivity contribution in [3.8, 4) is 5.75 Å². The Kier molecular flexibility index (Phi) is 3.35. The molecule has 0 bridgehead atoms. The van der Waals surface area contributed by atoms with Crippen molar-refractivity contribution in [2.75, 3.05) is 11.4 Å². The number of fused-ring (bicyclic) bond motifs is 1. The van der Waals surface area contributed by atoms with E-state index in [0.717, 1.165) is 11.3 Å². The number of aliphatic carboxylic acids is 1. The first-order valence-corrected chi connectivity index (χ1v) is 7.29. The van der Waals surface area contributed by atoms with Crippen molar-refractivity contribution in [1.82, 2.24) is 0 Å². The predicted molar refractivity (Wildman–Crippen MR) is 77.5 cm³/mol. The van der Waals surface area contributed by atoms with Crippen molar-refractivity contribution in [1.29, 1.82) is 0 Å². The number of benzene rings is 1. The van der Waals surface area contributed by atoms with Gasteiger partial charge in [-0.3, -0.25) is 9.59 Å². The zero-order chi connectivity index (χ0) is 15.1. The zero-order valence-electron chi connectivity index (χ0n) is 12.2. The summed E-state index contributed by atoms with van der Waals surface area (Å²) in [4.78, 5) is 25.5. The average molecular weight is 289 g/mol. The van der Waals surface area contributed by atoms with Gasteiger partial charge in [0, 0.05) is 0 Å². The number of carboxylic acids is 1. The summed E-state index contributed by atoms with van der Waals surface area (Å²) < 4.78 is 5.79. The Hall–Kier alpha value is -2.04. The van der Waals surface area contributed by atoms with Crippen LogP contribution >= 0.6 is 0 Å². The Bertz CT molecular complexity index is 598. The normalized spacial score (nSPS) is 27.3. The summed E-state index contributed by atoms with van der Waals surface area (Å²) in [6, 6.07) is 5.73. The Labute approximate surface area is 123 Å². The van der Waals surface area contributed by atoms with E-state index in [9.17, 15) is 9.59 Å². The third-order valence-electron chi connectivity index (χ3n) is 4.35. The lowest BCUT2D eigenvalue weighted by atomic mass is 9.72. The molecule has 0 saturated heterocycles. The summed E-state index contributed by atoms with van der Waals surface area (Å²) >= 11 is 0. The molecule has 1 N–H and O–H groups in total. The maximum atomic E-state index is 12.7. The lowest BCUT2D eigenvalue weighted by molar-refractivity contribution is -0.152. The second-order valence-electron chi connectivity index (χ2n) is 5.98. The molecule has 0 spiro atoms.